The van der Waals surface area contributed by atoms with Gasteiger partial charge in [-0.25, -0.2) is 0 Å². The van der Waals surface area contributed by atoms with Gasteiger partial charge in [-0.05, 0) is 37.7 Å². The maximum Gasteiger partial charge on any atom is 0.248 e. The first kappa shape index (κ1) is 34.3. The monoisotopic (exact) mass is 636 g/mol. The first-order valence-electron chi connectivity index (χ1n) is 16.9. The van der Waals surface area contributed by atoms with Crippen LogP contribution in [0.4, 0.5) is 0 Å². The van der Waals surface area contributed by atoms with Gasteiger partial charge in [0.15, 0.2) is 0 Å². The van der Waals surface area contributed by atoms with E-state index in [4.69, 9.17) is 9.47 Å². The van der Waals surface area contributed by atoms with Crippen molar-refractivity contribution >= 4 is 17.7 Å². The van der Waals surface area contributed by atoms with Gasteiger partial charge in [0.2, 0.25) is 17.7 Å². The van der Waals surface area contributed by atoms with E-state index < -0.39 is 35.1 Å². The van der Waals surface area contributed by atoms with E-state index >= 15 is 0 Å². The number of fused-ring (bicyclic) bond motifs is 1. The number of amides is 3. The summed E-state index contributed by atoms with van der Waals surface area (Å²) < 4.78 is 12.4. The molecule has 0 saturated carbocycles. The fourth-order valence-corrected chi connectivity index (χ4v) is 8.33. The number of rotatable bonds is 15. The van der Waals surface area contributed by atoms with Crippen LogP contribution in [0.3, 0.4) is 0 Å². The summed E-state index contributed by atoms with van der Waals surface area (Å²) in [5, 5.41) is 10.7. The summed E-state index contributed by atoms with van der Waals surface area (Å²) >= 11 is 0. The molecule has 5 rings (SSSR count). The average molecular weight is 637 g/mol. The highest BCUT2D eigenvalue weighted by molar-refractivity contribution is 5.99. The van der Waals surface area contributed by atoms with E-state index in [0.29, 0.717) is 65.2 Å². The predicted octanol–water partition coefficient (Wildman–Crippen LogP) is 2.72. The van der Waals surface area contributed by atoms with Crippen molar-refractivity contribution < 1.29 is 29.0 Å². The summed E-state index contributed by atoms with van der Waals surface area (Å²) in [4.78, 5) is 51.6. The SMILES string of the molecule is C=CCN(CCN1CCOCC1)C(=O)C1N([C@@H](CO)CC(C)C)C(=O)[C@@H]2[C@@H](C(=O)N(CC=C)Cc3ccccc3)[C@@]3(C)CCC12O3. The summed E-state index contributed by atoms with van der Waals surface area (Å²) in [7, 11) is 0. The van der Waals surface area contributed by atoms with E-state index in [1.165, 1.54) is 0 Å². The average Bonchev–Trinajstić information content (AvgIpc) is 3.62. The Morgan fingerprint density at radius 1 is 1.07 bits per heavy atom. The molecular formula is C36H52N4O6. The minimum Gasteiger partial charge on any atom is -0.394 e. The van der Waals surface area contributed by atoms with Crippen LogP contribution >= 0.6 is 0 Å². The zero-order valence-corrected chi connectivity index (χ0v) is 27.8. The molecule has 4 heterocycles. The van der Waals surface area contributed by atoms with Crippen LogP contribution in [0.25, 0.3) is 0 Å². The number of benzene rings is 1. The second-order valence-electron chi connectivity index (χ2n) is 14.0. The summed E-state index contributed by atoms with van der Waals surface area (Å²) in [6, 6.07) is 8.24. The third-order valence-corrected chi connectivity index (χ3v) is 10.4. The summed E-state index contributed by atoms with van der Waals surface area (Å²) in [6.45, 7) is 18.6. The number of carbonyl (C=O) groups excluding carboxylic acids is 3. The van der Waals surface area contributed by atoms with Crippen molar-refractivity contribution in [2.75, 3.05) is 59.1 Å². The Balaban J connectivity index is 1.52. The van der Waals surface area contributed by atoms with Gasteiger partial charge in [0.05, 0.1) is 43.3 Å². The van der Waals surface area contributed by atoms with Gasteiger partial charge < -0.3 is 29.3 Å². The van der Waals surface area contributed by atoms with Crippen molar-refractivity contribution in [1.29, 1.82) is 0 Å². The number of ether oxygens (including phenoxy) is 2. The second-order valence-corrected chi connectivity index (χ2v) is 14.0. The highest BCUT2D eigenvalue weighted by atomic mass is 16.5. The molecule has 4 saturated heterocycles. The zero-order valence-electron chi connectivity index (χ0n) is 27.8. The van der Waals surface area contributed by atoms with Crippen LogP contribution in [0.15, 0.2) is 55.6 Å². The molecule has 6 atom stereocenters. The van der Waals surface area contributed by atoms with Crippen LogP contribution in [0.5, 0.6) is 0 Å². The van der Waals surface area contributed by atoms with Crippen LogP contribution in [0, 0.1) is 17.8 Å². The molecule has 2 bridgehead atoms. The van der Waals surface area contributed by atoms with Gasteiger partial charge in [0.25, 0.3) is 0 Å². The standard InChI is InChI=1S/C36H52N4O6/c1-6-15-38(18-17-37-19-21-45-22-20-37)34(44)31-36-14-13-35(5,46-36)29(30(36)33(43)40(31)28(25-41)23-26(3)4)32(42)39(16-7-2)24-27-11-9-8-10-12-27/h6-12,26,28-31,41H,1-2,13-25H2,3-5H3/t28-,29+,30+,31?,35-,36?/m1/s1. The maximum atomic E-state index is 14.8. The van der Waals surface area contributed by atoms with E-state index in [2.05, 4.69) is 18.1 Å². The molecule has 1 aromatic rings. The van der Waals surface area contributed by atoms with Gasteiger partial charge >= 0.3 is 0 Å². The predicted molar refractivity (Wildman–Crippen MR) is 175 cm³/mol. The van der Waals surface area contributed by atoms with Gasteiger partial charge in [-0.1, -0.05) is 56.3 Å². The number of likely N-dealkylation sites (tertiary alicyclic amines) is 1. The molecule has 3 amide bonds. The van der Waals surface area contributed by atoms with Crippen molar-refractivity contribution in [2.24, 2.45) is 17.8 Å². The van der Waals surface area contributed by atoms with Crippen LogP contribution in [-0.2, 0) is 30.4 Å². The Labute approximate surface area is 274 Å². The van der Waals surface area contributed by atoms with Crippen molar-refractivity contribution in [3.05, 3.63) is 61.2 Å². The zero-order chi connectivity index (χ0) is 33.1. The van der Waals surface area contributed by atoms with E-state index in [0.717, 1.165) is 18.7 Å². The quantitative estimate of drug-likeness (QED) is 0.296. The fourth-order valence-electron chi connectivity index (χ4n) is 8.33. The molecule has 1 N–H and O–H groups in total. The van der Waals surface area contributed by atoms with Gasteiger partial charge in [-0.15, -0.1) is 13.2 Å². The summed E-state index contributed by atoms with van der Waals surface area (Å²) in [5.41, 5.74) is -1.09. The lowest BCUT2D eigenvalue weighted by Gasteiger charge is -2.40. The molecule has 4 fully saturated rings. The third-order valence-electron chi connectivity index (χ3n) is 10.4. The number of nitrogens with zero attached hydrogens (tertiary/aromatic N) is 4. The maximum absolute atomic E-state index is 14.8. The largest absolute Gasteiger partial charge is 0.394 e. The minimum absolute atomic E-state index is 0.168. The molecule has 4 aliphatic heterocycles. The number of morpholine rings is 1. The Morgan fingerprint density at radius 2 is 1.74 bits per heavy atom. The van der Waals surface area contributed by atoms with E-state index in [-0.39, 0.29) is 30.2 Å². The Morgan fingerprint density at radius 3 is 2.37 bits per heavy atom. The number of hydrogen-bond acceptors (Lipinski definition) is 7. The molecule has 4 aliphatic rings. The lowest BCUT2D eigenvalue weighted by molar-refractivity contribution is -0.157. The van der Waals surface area contributed by atoms with Gasteiger partial charge in [0.1, 0.15) is 11.6 Å². The fraction of sp³-hybridized carbons (Fsp3) is 0.639. The first-order valence-corrected chi connectivity index (χ1v) is 16.9. The lowest BCUT2D eigenvalue weighted by Crippen LogP contribution is -2.59. The summed E-state index contributed by atoms with van der Waals surface area (Å²) in [5.74, 6) is -2.08. The molecule has 10 heteroatoms. The molecule has 10 nitrogen and oxygen atoms in total. The molecule has 46 heavy (non-hydrogen) atoms. The molecule has 1 aromatic carbocycles. The van der Waals surface area contributed by atoms with Crippen molar-refractivity contribution in [1.82, 2.24) is 19.6 Å². The van der Waals surface area contributed by atoms with Crippen LogP contribution in [0.2, 0.25) is 0 Å². The molecule has 0 radical (unpaired) electrons. The van der Waals surface area contributed by atoms with Crippen molar-refractivity contribution in [2.45, 2.75) is 69.9 Å². The topological polar surface area (TPSA) is 103 Å². The highest BCUT2D eigenvalue weighted by Crippen LogP contribution is 2.64. The second kappa shape index (κ2) is 14.4. The lowest BCUT2D eigenvalue weighted by atomic mass is 9.66. The molecule has 0 aliphatic carbocycles. The van der Waals surface area contributed by atoms with Crippen LogP contribution in [-0.4, -0.2) is 125 Å². The number of hydrogen-bond donors (Lipinski definition) is 1. The Bertz CT molecular complexity index is 1270. The van der Waals surface area contributed by atoms with E-state index in [1.54, 1.807) is 26.9 Å². The molecule has 2 unspecified atom stereocenters. The summed E-state index contributed by atoms with van der Waals surface area (Å²) in [6.07, 6.45) is 4.98. The van der Waals surface area contributed by atoms with Crippen LogP contribution in [0.1, 0.15) is 45.6 Å². The minimum atomic E-state index is -1.17. The number of aliphatic hydroxyl groups is 1. The molecule has 0 aromatic heterocycles. The molecular weight excluding hydrogens is 584 g/mol. The number of carbonyl (C=O) groups is 3. The molecule has 1 spiro atoms. The van der Waals surface area contributed by atoms with E-state index in [9.17, 15) is 19.5 Å². The van der Waals surface area contributed by atoms with Crippen molar-refractivity contribution in [3.63, 3.8) is 0 Å². The number of aliphatic hydroxyl groups excluding tert-OH is 1. The third kappa shape index (κ3) is 6.41. The van der Waals surface area contributed by atoms with Gasteiger partial charge in [-0.3, -0.25) is 19.3 Å². The van der Waals surface area contributed by atoms with Crippen molar-refractivity contribution in [3.8, 4) is 0 Å². The molecule has 252 valence electrons. The normalized spacial score (nSPS) is 29.5. The highest BCUT2D eigenvalue weighted by Gasteiger charge is 2.78. The van der Waals surface area contributed by atoms with Crippen LogP contribution < -0.4 is 0 Å². The smallest absolute Gasteiger partial charge is 0.248 e. The van der Waals surface area contributed by atoms with E-state index in [1.807, 2.05) is 51.1 Å². The Kier molecular flexibility index (Phi) is 10.7. The van der Waals surface area contributed by atoms with Gasteiger partial charge in [0, 0.05) is 45.8 Å². The first-order chi connectivity index (χ1) is 22.1. The van der Waals surface area contributed by atoms with Gasteiger partial charge in [-0.2, -0.15) is 0 Å². The Hall–Kier alpha value is -3.05.